The maximum atomic E-state index is 13.0. The Bertz CT molecular complexity index is 577. The molecule has 1 saturated heterocycles. The standard InChI is InChI=1S/C12H10FNO2S/c13-8-2-1-7-3-11(17-10(7)4-8)12(15)14-9-5-16-6-9/h1-4,9H,5-6H2,(H,14,15). The number of nitrogens with one attached hydrogen (secondary N) is 1. The Labute approximate surface area is 101 Å². The molecule has 0 spiro atoms. The van der Waals surface area contributed by atoms with E-state index < -0.39 is 0 Å². The first-order valence-electron chi connectivity index (χ1n) is 5.30. The van der Waals surface area contributed by atoms with E-state index in [-0.39, 0.29) is 17.8 Å². The normalized spacial score (nSPS) is 15.8. The minimum atomic E-state index is -0.279. The fourth-order valence-electron chi connectivity index (χ4n) is 1.69. The summed E-state index contributed by atoms with van der Waals surface area (Å²) in [6.07, 6.45) is 0. The van der Waals surface area contributed by atoms with Gasteiger partial charge in [-0.15, -0.1) is 11.3 Å². The summed E-state index contributed by atoms with van der Waals surface area (Å²) in [5.41, 5.74) is 0. The molecule has 0 unspecified atom stereocenters. The molecule has 3 nitrogen and oxygen atoms in total. The molecule has 88 valence electrons. The molecule has 0 aliphatic carbocycles. The van der Waals surface area contributed by atoms with E-state index in [0.717, 1.165) is 10.1 Å². The fourth-order valence-corrected chi connectivity index (χ4v) is 2.68. The van der Waals surface area contributed by atoms with Crippen LogP contribution in [0.3, 0.4) is 0 Å². The van der Waals surface area contributed by atoms with Gasteiger partial charge in [-0.3, -0.25) is 4.79 Å². The number of fused-ring (bicyclic) bond motifs is 1. The maximum Gasteiger partial charge on any atom is 0.261 e. The van der Waals surface area contributed by atoms with E-state index in [1.807, 2.05) is 0 Å². The molecule has 1 aliphatic rings. The number of thiophene rings is 1. The van der Waals surface area contributed by atoms with Crippen LogP contribution in [0, 0.1) is 5.82 Å². The Morgan fingerprint density at radius 2 is 2.24 bits per heavy atom. The quantitative estimate of drug-likeness (QED) is 0.888. The lowest BCUT2D eigenvalue weighted by Gasteiger charge is -2.26. The van der Waals surface area contributed by atoms with Crippen molar-refractivity contribution in [1.82, 2.24) is 5.32 Å². The molecule has 1 fully saturated rings. The van der Waals surface area contributed by atoms with Crippen LogP contribution in [0.1, 0.15) is 9.67 Å². The number of ether oxygens (including phenoxy) is 1. The topological polar surface area (TPSA) is 38.3 Å². The van der Waals surface area contributed by atoms with Crippen molar-refractivity contribution in [2.45, 2.75) is 6.04 Å². The van der Waals surface area contributed by atoms with Crippen molar-refractivity contribution in [3.05, 3.63) is 35.0 Å². The van der Waals surface area contributed by atoms with Gasteiger partial charge in [0.15, 0.2) is 0 Å². The summed E-state index contributed by atoms with van der Waals surface area (Å²) in [5, 5.41) is 3.76. The van der Waals surface area contributed by atoms with Gasteiger partial charge in [-0.05, 0) is 23.6 Å². The van der Waals surface area contributed by atoms with E-state index in [9.17, 15) is 9.18 Å². The third-order valence-electron chi connectivity index (χ3n) is 2.68. The van der Waals surface area contributed by atoms with Crippen LogP contribution in [0.4, 0.5) is 4.39 Å². The van der Waals surface area contributed by atoms with E-state index in [2.05, 4.69) is 5.32 Å². The molecule has 0 radical (unpaired) electrons. The van der Waals surface area contributed by atoms with Crippen molar-refractivity contribution >= 4 is 27.3 Å². The molecule has 1 aromatic carbocycles. The zero-order valence-electron chi connectivity index (χ0n) is 8.90. The average Bonchev–Trinajstić information content (AvgIpc) is 2.65. The van der Waals surface area contributed by atoms with Gasteiger partial charge in [0.05, 0.1) is 24.1 Å². The average molecular weight is 251 g/mol. The number of amides is 1. The van der Waals surface area contributed by atoms with Crippen molar-refractivity contribution in [3.8, 4) is 0 Å². The SMILES string of the molecule is O=C(NC1COC1)c1cc2ccc(F)cc2s1. The van der Waals surface area contributed by atoms with Crippen LogP contribution in [-0.4, -0.2) is 25.2 Å². The highest BCUT2D eigenvalue weighted by atomic mass is 32.1. The predicted molar refractivity (Wildman–Crippen MR) is 63.9 cm³/mol. The van der Waals surface area contributed by atoms with Crippen molar-refractivity contribution in [2.75, 3.05) is 13.2 Å². The summed E-state index contributed by atoms with van der Waals surface area (Å²) in [4.78, 5) is 12.5. The lowest BCUT2D eigenvalue weighted by Crippen LogP contribution is -2.48. The Balaban J connectivity index is 1.86. The summed E-state index contributed by atoms with van der Waals surface area (Å²) in [6.45, 7) is 1.15. The largest absolute Gasteiger partial charge is 0.377 e. The summed E-state index contributed by atoms with van der Waals surface area (Å²) in [6, 6.07) is 6.43. The Kier molecular flexibility index (Phi) is 2.57. The number of hydrogen-bond acceptors (Lipinski definition) is 3. The highest BCUT2D eigenvalue weighted by molar-refractivity contribution is 7.20. The summed E-state index contributed by atoms with van der Waals surface area (Å²) in [5.74, 6) is -0.390. The second-order valence-electron chi connectivity index (χ2n) is 4.00. The summed E-state index contributed by atoms with van der Waals surface area (Å²) < 4.78 is 18.8. The zero-order chi connectivity index (χ0) is 11.8. The third kappa shape index (κ3) is 2.03. The molecule has 2 aromatic rings. The number of halogens is 1. The first-order chi connectivity index (χ1) is 8.22. The fraction of sp³-hybridized carbons (Fsp3) is 0.250. The van der Waals surface area contributed by atoms with Crippen molar-refractivity contribution in [3.63, 3.8) is 0 Å². The molecule has 0 atom stereocenters. The van der Waals surface area contributed by atoms with E-state index in [1.54, 1.807) is 12.1 Å². The zero-order valence-corrected chi connectivity index (χ0v) is 9.72. The van der Waals surface area contributed by atoms with Gasteiger partial charge in [0.25, 0.3) is 5.91 Å². The number of carbonyl (C=O) groups is 1. The van der Waals surface area contributed by atoms with Crippen LogP contribution >= 0.6 is 11.3 Å². The Hall–Kier alpha value is -1.46. The van der Waals surface area contributed by atoms with Crippen LogP contribution in [0.15, 0.2) is 24.3 Å². The van der Waals surface area contributed by atoms with Crippen molar-refractivity contribution in [2.24, 2.45) is 0 Å². The van der Waals surface area contributed by atoms with Gasteiger partial charge in [-0.25, -0.2) is 4.39 Å². The molecule has 2 heterocycles. The molecule has 1 N–H and O–H groups in total. The number of rotatable bonds is 2. The Morgan fingerprint density at radius 3 is 2.94 bits per heavy atom. The van der Waals surface area contributed by atoms with Gasteiger partial charge < -0.3 is 10.1 Å². The lowest BCUT2D eigenvalue weighted by molar-refractivity contribution is -0.00338. The van der Waals surface area contributed by atoms with Crippen LogP contribution in [0.25, 0.3) is 10.1 Å². The van der Waals surface area contributed by atoms with Crippen LogP contribution in [0.2, 0.25) is 0 Å². The van der Waals surface area contributed by atoms with Gasteiger partial charge in [0, 0.05) is 4.70 Å². The highest BCUT2D eigenvalue weighted by Gasteiger charge is 2.21. The third-order valence-corrected chi connectivity index (χ3v) is 3.78. The Morgan fingerprint density at radius 1 is 1.41 bits per heavy atom. The number of benzene rings is 1. The molecule has 1 amide bonds. The minimum absolute atomic E-state index is 0.111. The van der Waals surface area contributed by atoms with E-state index in [4.69, 9.17) is 4.74 Å². The monoisotopic (exact) mass is 251 g/mol. The smallest absolute Gasteiger partial charge is 0.261 e. The summed E-state index contributed by atoms with van der Waals surface area (Å²) in [7, 11) is 0. The van der Waals surface area contributed by atoms with Gasteiger partial charge in [-0.1, -0.05) is 6.07 Å². The number of hydrogen-bond donors (Lipinski definition) is 1. The maximum absolute atomic E-state index is 13.0. The van der Waals surface area contributed by atoms with Crippen LogP contribution in [-0.2, 0) is 4.74 Å². The van der Waals surface area contributed by atoms with Gasteiger partial charge >= 0.3 is 0 Å². The van der Waals surface area contributed by atoms with Crippen molar-refractivity contribution < 1.29 is 13.9 Å². The minimum Gasteiger partial charge on any atom is -0.377 e. The second-order valence-corrected chi connectivity index (χ2v) is 5.08. The second kappa shape index (κ2) is 4.09. The van der Waals surface area contributed by atoms with E-state index in [1.165, 1.54) is 23.5 Å². The van der Waals surface area contributed by atoms with E-state index >= 15 is 0 Å². The predicted octanol–water partition coefficient (Wildman–Crippen LogP) is 2.17. The molecule has 1 aliphatic heterocycles. The lowest BCUT2D eigenvalue weighted by atomic mass is 10.2. The van der Waals surface area contributed by atoms with Gasteiger partial charge in [0.2, 0.25) is 0 Å². The molecule has 0 bridgehead atoms. The van der Waals surface area contributed by atoms with Gasteiger partial charge in [0.1, 0.15) is 5.82 Å². The van der Waals surface area contributed by atoms with Crippen LogP contribution < -0.4 is 5.32 Å². The molecule has 17 heavy (non-hydrogen) atoms. The first-order valence-corrected chi connectivity index (χ1v) is 6.12. The van der Waals surface area contributed by atoms with Crippen molar-refractivity contribution in [1.29, 1.82) is 0 Å². The van der Waals surface area contributed by atoms with E-state index in [0.29, 0.717) is 18.1 Å². The number of carbonyl (C=O) groups excluding carboxylic acids is 1. The molecule has 0 saturated carbocycles. The van der Waals surface area contributed by atoms with Crippen LogP contribution in [0.5, 0.6) is 0 Å². The molecular weight excluding hydrogens is 241 g/mol. The first kappa shape index (κ1) is 10.7. The summed E-state index contributed by atoms with van der Waals surface area (Å²) >= 11 is 1.30. The highest BCUT2D eigenvalue weighted by Crippen LogP contribution is 2.26. The molecule has 3 rings (SSSR count). The molecular formula is C12H10FNO2S. The van der Waals surface area contributed by atoms with Gasteiger partial charge in [-0.2, -0.15) is 0 Å². The molecule has 1 aromatic heterocycles. The molecule has 5 heteroatoms.